The summed E-state index contributed by atoms with van der Waals surface area (Å²) in [6, 6.07) is 7.85. The first kappa shape index (κ1) is 14.1. The standard InChI is InChI=1S/C16H23NO2/c1-12(19)14-4-6-15(7-5-14)17-11-13(8-9-18)10-16(17,2)3/h4-7,13,18H,8-11H2,1-3H3. The van der Waals surface area contributed by atoms with Gasteiger partial charge in [0.05, 0.1) is 0 Å². The van der Waals surface area contributed by atoms with Gasteiger partial charge in [0.2, 0.25) is 0 Å². The first-order valence-electron chi connectivity index (χ1n) is 6.93. The van der Waals surface area contributed by atoms with Gasteiger partial charge >= 0.3 is 0 Å². The van der Waals surface area contributed by atoms with Gasteiger partial charge in [-0.2, -0.15) is 0 Å². The fourth-order valence-electron chi connectivity index (χ4n) is 3.09. The van der Waals surface area contributed by atoms with Crippen LogP contribution in [0.1, 0.15) is 44.0 Å². The van der Waals surface area contributed by atoms with E-state index in [0.717, 1.165) is 30.6 Å². The summed E-state index contributed by atoms with van der Waals surface area (Å²) < 4.78 is 0. The Morgan fingerprint density at radius 2 is 2.00 bits per heavy atom. The molecular formula is C16H23NO2. The van der Waals surface area contributed by atoms with Crippen molar-refractivity contribution in [2.45, 2.75) is 39.2 Å². The number of rotatable bonds is 4. The molecule has 0 saturated carbocycles. The first-order chi connectivity index (χ1) is 8.94. The molecule has 1 atom stereocenters. The van der Waals surface area contributed by atoms with E-state index < -0.39 is 0 Å². The third kappa shape index (κ3) is 2.98. The molecule has 1 aliphatic rings. The summed E-state index contributed by atoms with van der Waals surface area (Å²) >= 11 is 0. The number of hydrogen-bond acceptors (Lipinski definition) is 3. The lowest BCUT2D eigenvalue weighted by atomic mass is 9.94. The fourth-order valence-corrected chi connectivity index (χ4v) is 3.09. The second-order valence-electron chi connectivity index (χ2n) is 6.11. The van der Waals surface area contributed by atoms with Crippen LogP contribution in [0.4, 0.5) is 5.69 Å². The van der Waals surface area contributed by atoms with Gasteiger partial charge in [0.15, 0.2) is 5.78 Å². The number of benzene rings is 1. The number of aliphatic hydroxyl groups excluding tert-OH is 1. The van der Waals surface area contributed by atoms with Crippen LogP contribution in [0, 0.1) is 5.92 Å². The third-order valence-corrected chi connectivity index (χ3v) is 4.08. The van der Waals surface area contributed by atoms with Gasteiger partial charge in [-0.1, -0.05) is 0 Å². The molecule has 0 amide bonds. The Morgan fingerprint density at radius 3 is 2.53 bits per heavy atom. The number of carbonyl (C=O) groups is 1. The smallest absolute Gasteiger partial charge is 0.159 e. The lowest BCUT2D eigenvalue weighted by Gasteiger charge is -2.33. The monoisotopic (exact) mass is 261 g/mol. The number of ketones is 1. The van der Waals surface area contributed by atoms with Crippen LogP contribution < -0.4 is 4.90 Å². The predicted molar refractivity (Wildman–Crippen MR) is 77.7 cm³/mol. The highest BCUT2D eigenvalue weighted by molar-refractivity contribution is 5.94. The average molecular weight is 261 g/mol. The highest BCUT2D eigenvalue weighted by Gasteiger charge is 2.37. The molecule has 1 heterocycles. The molecule has 0 bridgehead atoms. The van der Waals surface area contributed by atoms with Crippen molar-refractivity contribution in [3.05, 3.63) is 29.8 Å². The second kappa shape index (κ2) is 5.33. The lowest BCUT2D eigenvalue weighted by Crippen LogP contribution is -2.38. The van der Waals surface area contributed by atoms with Gasteiger partial charge in [0, 0.05) is 29.9 Å². The maximum atomic E-state index is 11.3. The molecule has 1 unspecified atom stereocenters. The molecule has 1 aliphatic heterocycles. The Kier molecular flexibility index (Phi) is 3.95. The van der Waals surface area contributed by atoms with E-state index in [4.69, 9.17) is 5.11 Å². The van der Waals surface area contributed by atoms with Crippen LogP contribution in [0.3, 0.4) is 0 Å². The summed E-state index contributed by atoms with van der Waals surface area (Å²) in [7, 11) is 0. The Morgan fingerprint density at radius 1 is 1.37 bits per heavy atom. The molecule has 1 N–H and O–H groups in total. The molecule has 1 fully saturated rings. The van der Waals surface area contributed by atoms with Crippen LogP contribution in [0.2, 0.25) is 0 Å². The van der Waals surface area contributed by atoms with Crippen LogP contribution in [0.5, 0.6) is 0 Å². The third-order valence-electron chi connectivity index (χ3n) is 4.08. The Labute approximate surface area is 115 Å². The molecule has 0 aromatic heterocycles. The lowest BCUT2D eigenvalue weighted by molar-refractivity contribution is 0.101. The second-order valence-corrected chi connectivity index (χ2v) is 6.11. The molecule has 3 nitrogen and oxygen atoms in total. The zero-order valence-electron chi connectivity index (χ0n) is 12.0. The van der Waals surface area contributed by atoms with E-state index in [1.165, 1.54) is 0 Å². The quantitative estimate of drug-likeness (QED) is 0.847. The van der Waals surface area contributed by atoms with Crippen molar-refractivity contribution < 1.29 is 9.90 Å². The summed E-state index contributed by atoms with van der Waals surface area (Å²) in [6.45, 7) is 7.31. The number of anilines is 1. The summed E-state index contributed by atoms with van der Waals surface area (Å²) in [4.78, 5) is 13.7. The van der Waals surface area contributed by atoms with Gasteiger partial charge < -0.3 is 10.0 Å². The highest BCUT2D eigenvalue weighted by Crippen LogP contribution is 2.37. The van der Waals surface area contributed by atoms with Crippen LogP contribution in [0.25, 0.3) is 0 Å². The van der Waals surface area contributed by atoms with Crippen molar-refractivity contribution in [3.63, 3.8) is 0 Å². The van der Waals surface area contributed by atoms with E-state index in [9.17, 15) is 4.79 Å². The van der Waals surface area contributed by atoms with Crippen molar-refractivity contribution in [1.29, 1.82) is 0 Å². The number of carbonyl (C=O) groups excluding carboxylic acids is 1. The number of nitrogens with zero attached hydrogens (tertiary/aromatic N) is 1. The molecular weight excluding hydrogens is 238 g/mol. The predicted octanol–water partition coefficient (Wildman–Crippen LogP) is 2.88. The molecule has 1 aromatic rings. The normalized spacial score (nSPS) is 21.7. The Balaban J connectivity index is 2.18. The number of hydrogen-bond donors (Lipinski definition) is 1. The van der Waals surface area contributed by atoms with Gasteiger partial charge in [-0.25, -0.2) is 0 Å². The minimum Gasteiger partial charge on any atom is -0.396 e. The highest BCUT2D eigenvalue weighted by atomic mass is 16.3. The summed E-state index contributed by atoms with van der Waals surface area (Å²) in [6.07, 6.45) is 1.97. The zero-order valence-corrected chi connectivity index (χ0v) is 12.0. The molecule has 0 aliphatic carbocycles. The minimum atomic E-state index is 0.102. The van der Waals surface area contributed by atoms with E-state index in [2.05, 4.69) is 18.7 Å². The molecule has 1 aromatic carbocycles. The fraction of sp³-hybridized carbons (Fsp3) is 0.562. The van der Waals surface area contributed by atoms with Crippen molar-refractivity contribution in [3.8, 4) is 0 Å². The minimum absolute atomic E-state index is 0.102. The topological polar surface area (TPSA) is 40.5 Å². The zero-order chi connectivity index (χ0) is 14.0. The van der Waals surface area contributed by atoms with E-state index >= 15 is 0 Å². The van der Waals surface area contributed by atoms with E-state index in [-0.39, 0.29) is 17.9 Å². The maximum absolute atomic E-state index is 11.3. The van der Waals surface area contributed by atoms with Gasteiger partial charge in [0.1, 0.15) is 0 Å². The van der Waals surface area contributed by atoms with E-state index in [1.807, 2.05) is 24.3 Å². The molecule has 0 radical (unpaired) electrons. The average Bonchev–Trinajstić information content (AvgIpc) is 2.65. The van der Waals surface area contributed by atoms with Gasteiger partial charge in [0.25, 0.3) is 0 Å². The van der Waals surface area contributed by atoms with Gasteiger partial charge in [-0.3, -0.25) is 4.79 Å². The van der Waals surface area contributed by atoms with Crippen molar-refractivity contribution in [1.82, 2.24) is 0 Å². The van der Waals surface area contributed by atoms with E-state index in [0.29, 0.717) is 5.92 Å². The van der Waals surface area contributed by atoms with Crippen molar-refractivity contribution in [2.24, 2.45) is 5.92 Å². The molecule has 2 rings (SSSR count). The van der Waals surface area contributed by atoms with Crippen LogP contribution in [-0.4, -0.2) is 29.6 Å². The van der Waals surface area contributed by atoms with Gasteiger partial charge in [-0.15, -0.1) is 0 Å². The Hall–Kier alpha value is -1.35. The van der Waals surface area contributed by atoms with E-state index in [1.54, 1.807) is 6.92 Å². The molecule has 1 saturated heterocycles. The van der Waals surface area contributed by atoms with Crippen molar-refractivity contribution in [2.75, 3.05) is 18.1 Å². The first-order valence-corrected chi connectivity index (χ1v) is 6.93. The molecule has 0 spiro atoms. The maximum Gasteiger partial charge on any atom is 0.159 e. The number of Topliss-reactive ketones (excluding diaryl/α,β-unsaturated/α-hetero) is 1. The SMILES string of the molecule is CC(=O)c1ccc(N2CC(CCO)CC2(C)C)cc1. The van der Waals surface area contributed by atoms with Crippen LogP contribution in [-0.2, 0) is 0 Å². The molecule has 19 heavy (non-hydrogen) atoms. The largest absolute Gasteiger partial charge is 0.396 e. The van der Waals surface area contributed by atoms with Gasteiger partial charge in [-0.05, 0) is 63.8 Å². The summed E-state index contributed by atoms with van der Waals surface area (Å²) in [5, 5.41) is 9.10. The Bertz CT molecular complexity index is 450. The summed E-state index contributed by atoms with van der Waals surface area (Å²) in [5.74, 6) is 0.651. The number of aliphatic hydroxyl groups is 1. The van der Waals surface area contributed by atoms with Crippen molar-refractivity contribution >= 4 is 11.5 Å². The summed E-state index contributed by atoms with van der Waals surface area (Å²) in [5.41, 5.74) is 2.03. The van der Waals surface area contributed by atoms with Crippen LogP contribution >= 0.6 is 0 Å². The molecule has 3 heteroatoms. The van der Waals surface area contributed by atoms with Crippen LogP contribution in [0.15, 0.2) is 24.3 Å². The molecule has 104 valence electrons.